The van der Waals surface area contributed by atoms with Gasteiger partial charge in [-0.25, -0.2) is 0 Å². The molecule has 4 atom stereocenters. The molecule has 0 amide bonds. The summed E-state index contributed by atoms with van der Waals surface area (Å²) in [4.78, 5) is 10.6. The Hall–Kier alpha value is -0.320. The molecule has 0 aliphatic carbocycles. The molecule has 1 rings (SSSR count). The van der Waals surface area contributed by atoms with Gasteiger partial charge in [-0.05, 0) is 6.92 Å². The molecule has 4 nitrogen and oxygen atoms in total. The second-order valence-electron chi connectivity index (χ2n) is 3.14. The highest BCUT2D eigenvalue weighted by molar-refractivity contribution is 6.21. The van der Waals surface area contributed by atoms with Crippen LogP contribution in [0.1, 0.15) is 13.3 Å². The lowest BCUT2D eigenvalue weighted by Gasteiger charge is -2.17. The first kappa shape index (κ1) is 10.8. The number of ether oxygens (including phenoxy) is 2. The third-order valence-electron chi connectivity index (χ3n) is 2.23. The molecule has 1 fully saturated rings. The highest BCUT2D eigenvalue weighted by Gasteiger charge is 2.40. The van der Waals surface area contributed by atoms with E-state index in [0.717, 1.165) is 0 Å². The molecule has 1 aliphatic rings. The van der Waals surface area contributed by atoms with Crippen LogP contribution in [0.2, 0.25) is 0 Å². The van der Waals surface area contributed by atoms with E-state index in [-0.39, 0.29) is 11.7 Å². The normalized spacial score (nSPS) is 36.1. The van der Waals surface area contributed by atoms with Crippen molar-refractivity contribution in [1.82, 2.24) is 0 Å². The van der Waals surface area contributed by atoms with Crippen molar-refractivity contribution < 1.29 is 19.4 Å². The Morgan fingerprint density at radius 2 is 2.38 bits per heavy atom. The number of alkyl halides is 1. The van der Waals surface area contributed by atoms with E-state index in [4.69, 9.17) is 26.2 Å². The Labute approximate surface area is 81.8 Å². The van der Waals surface area contributed by atoms with Crippen LogP contribution in [0, 0.1) is 5.92 Å². The van der Waals surface area contributed by atoms with Gasteiger partial charge in [-0.1, -0.05) is 0 Å². The van der Waals surface area contributed by atoms with Crippen LogP contribution in [0.4, 0.5) is 0 Å². The van der Waals surface area contributed by atoms with Crippen LogP contribution in [-0.2, 0) is 14.3 Å². The van der Waals surface area contributed by atoms with Gasteiger partial charge in [0, 0.05) is 13.5 Å². The predicted molar refractivity (Wildman–Crippen MR) is 46.7 cm³/mol. The number of aliphatic carboxylic acids is 1. The molecule has 5 heteroatoms. The summed E-state index contributed by atoms with van der Waals surface area (Å²) >= 11 is 5.92. The Morgan fingerprint density at radius 1 is 1.77 bits per heavy atom. The minimum absolute atomic E-state index is 0.281. The van der Waals surface area contributed by atoms with Crippen LogP contribution in [0.3, 0.4) is 0 Å². The van der Waals surface area contributed by atoms with Crippen LogP contribution in [0.5, 0.6) is 0 Å². The van der Waals surface area contributed by atoms with Gasteiger partial charge < -0.3 is 14.6 Å². The lowest BCUT2D eigenvalue weighted by molar-refractivity contribution is -0.155. The highest BCUT2D eigenvalue weighted by Crippen LogP contribution is 2.30. The summed E-state index contributed by atoms with van der Waals surface area (Å²) in [6, 6.07) is 0. The van der Waals surface area contributed by atoms with Gasteiger partial charge in [-0.15, -0.1) is 11.6 Å². The van der Waals surface area contributed by atoms with Crippen molar-refractivity contribution in [3.05, 3.63) is 0 Å². The van der Waals surface area contributed by atoms with Gasteiger partial charge in [0.2, 0.25) is 0 Å². The molecule has 76 valence electrons. The van der Waals surface area contributed by atoms with Gasteiger partial charge in [0.1, 0.15) is 0 Å². The molecule has 1 N–H and O–H groups in total. The number of halogens is 1. The molecule has 0 aromatic carbocycles. The largest absolute Gasteiger partial charge is 0.481 e. The lowest BCUT2D eigenvalue weighted by Crippen LogP contribution is -2.31. The molecule has 1 saturated heterocycles. The van der Waals surface area contributed by atoms with Crippen molar-refractivity contribution in [2.24, 2.45) is 5.92 Å². The van der Waals surface area contributed by atoms with Gasteiger partial charge in [0.15, 0.2) is 6.29 Å². The van der Waals surface area contributed by atoms with Crippen molar-refractivity contribution in [3.8, 4) is 0 Å². The van der Waals surface area contributed by atoms with Crippen LogP contribution < -0.4 is 0 Å². The first-order valence-corrected chi connectivity index (χ1v) is 4.55. The SMILES string of the molecule is CO[C@@H]1C[C@@H](Cl)[C@@H]([C@H](C)C(=O)O)O1. The van der Waals surface area contributed by atoms with E-state index < -0.39 is 18.0 Å². The fourth-order valence-electron chi connectivity index (χ4n) is 1.36. The van der Waals surface area contributed by atoms with Gasteiger partial charge in [0.25, 0.3) is 0 Å². The molecule has 1 aliphatic heterocycles. The van der Waals surface area contributed by atoms with Crippen LogP contribution >= 0.6 is 11.6 Å². The van der Waals surface area contributed by atoms with Gasteiger partial charge in [-0.3, -0.25) is 4.79 Å². The second-order valence-corrected chi connectivity index (χ2v) is 3.71. The lowest BCUT2D eigenvalue weighted by atomic mass is 10.0. The van der Waals surface area contributed by atoms with E-state index in [9.17, 15) is 4.79 Å². The Kier molecular flexibility index (Phi) is 3.53. The summed E-state index contributed by atoms with van der Waals surface area (Å²) in [5.74, 6) is -1.49. The van der Waals surface area contributed by atoms with Crippen molar-refractivity contribution in [2.75, 3.05) is 7.11 Å². The zero-order valence-electron chi connectivity index (χ0n) is 7.57. The maximum Gasteiger partial charge on any atom is 0.308 e. The molecule has 13 heavy (non-hydrogen) atoms. The molecular weight excluding hydrogens is 196 g/mol. The Balaban J connectivity index is 2.56. The average Bonchev–Trinajstić information content (AvgIpc) is 2.45. The Morgan fingerprint density at radius 3 is 2.77 bits per heavy atom. The molecule has 0 bridgehead atoms. The van der Waals surface area contributed by atoms with Gasteiger partial charge >= 0.3 is 5.97 Å². The van der Waals surface area contributed by atoms with E-state index in [1.165, 1.54) is 7.11 Å². The van der Waals surface area contributed by atoms with E-state index in [1.807, 2.05) is 0 Å². The number of carboxylic acid groups (broad SMARTS) is 1. The van der Waals surface area contributed by atoms with Crippen LogP contribution in [-0.4, -0.2) is 36.0 Å². The molecule has 0 spiro atoms. The topological polar surface area (TPSA) is 55.8 Å². The summed E-state index contributed by atoms with van der Waals surface area (Å²) in [5.41, 5.74) is 0. The molecule has 1 heterocycles. The van der Waals surface area contributed by atoms with E-state index in [2.05, 4.69) is 0 Å². The van der Waals surface area contributed by atoms with Gasteiger partial charge in [0.05, 0.1) is 17.4 Å². The van der Waals surface area contributed by atoms with E-state index in [0.29, 0.717) is 6.42 Å². The molecule has 0 aromatic heterocycles. The molecule has 0 aromatic rings. The van der Waals surface area contributed by atoms with E-state index in [1.54, 1.807) is 6.92 Å². The minimum atomic E-state index is -0.896. The van der Waals surface area contributed by atoms with Crippen LogP contribution in [0.25, 0.3) is 0 Å². The third-order valence-corrected chi connectivity index (χ3v) is 2.65. The molecule has 0 radical (unpaired) electrons. The number of rotatable bonds is 3. The monoisotopic (exact) mass is 208 g/mol. The third kappa shape index (κ3) is 2.33. The standard InChI is InChI=1S/C8H13ClO4/c1-4(8(10)11)7-5(9)3-6(12-2)13-7/h4-7H,3H2,1-2H3,(H,10,11)/t4-,5+,6-,7+/m0/s1. The molecule has 0 saturated carbocycles. The average molecular weight is 209 g/mol. The quantitative estimate of drug-likeness (QED) is 0.706. The summed E-state index contributed by atoms with van der Waals surface area (Å²) in [6.45, 7) is 1.58. The highest BCUT2D eigenvalue weighted by atomic mass is 35.5. The summed E-state index contributed by atoms with van der Waals surface area (Å²) < 4.78 is 10.3. The van der Waals surface area contributed by atoms with Crippen molar-refractivity contribution in [3.63, 3.8) is 0 Å². The number of hydrogen-bond acceptors (Lipinski definition) is 3. The number of methoxy groups -OCH3 is 1. The van der Waals surface area contributed by atoms with E-state index >= 15 is 0 Å². The first-order chi connectivity index (χ1) is 6.06. The zero-order valence-corrected chi connectivity index (χ0v) is 8.32. The van der Waals surface area contributed by atoms with Gasteiger partial charge in [-0.2, -0.15) is 0 Å². The summed E-state index contributed by atoms with van der Waals surface area (Å²) in [7, 11) is 1.52. The maximum absolute atomic E-state index is 10.6. The van der Waals surface area contributed by atoms with Crippen molar-refractivity contribution in [1.29, 1.82) is 0 Å². The fraction of sp³-hybridized carbons (Fsp3) is 0.875. The number of carboxylic acids is 1. The predicted octanol–water partition coefficient (Wildman–Crippen LogP) is 1.08. The second kappa shape index (κ2) is 4.26. The smallest absolute Gasteiger partial charge is 0.308 e. The first-order valence-electron chi connectivity index (χ1n) is 4.11. The van der Waals surface area contributed by atoms with Crippen molar-refractivity contribution >= 4 is 17.6 Å². The molecular formula is C8H13ClO4. The number of carbonyl (C=O) groups is 1. The fourth-order valence-corrected chi connectivity index (χ4v) is 1.78. The zero-order chi connectivity index (χ0) is 10.0. The Bertz CT molecular complexity index is 197. The summed E-state index contributed by atoms with van der Waals surface area (Å²) in [5, 5.41) is 8.46. The summed E-state index contributed by atoms with van der Waals surface area (Å²) in [6.07, 6.45) is -0.279. The van der Waals surface area contributed by atoms with Crippen LogP contribution in [0.15, 0.2) is 0 Å². The van der Waals surface area contributed by atoms with Crippen molar-refractivity contribution in [2.45, 2.75) is 31.1 Å². The minimum Gasteiger partial charge on any atom is -0.481 e. The maximum atomic E-state index is 10.6. The number of hydrogen-bond donors (Lipinski definition) is 1. The molecule has 0 unspecified atom stereocenters.